The number of carbonyl (C=O) groups excluding carboxylic acids is 4. The van der Waals surface area contributed by atoms with Crippen LogP contribution < -0.4 is 16.0 Å². The molecule has 1 aliphatic rings. The van der Waals surface area contributed by atoms with Gasteiger partial charge >= 0.3 is 12.0 Å². The molecule has 0 radical (unpaired) electrons. The fourth-order valence-electron chi connectivity index (χ4n) is 1.97. The van der Waals surface area contributed by atoms with Crippen molar-refractivity contribution in [2.45, 2.75) is 12.5 Å². The number of esters is 1. The molecule has 0 aromatic carbocycles. The number of ether oxygens (including phenoxy) is 1. The average Bonchev–Trinajstić information content (AvgIpc) is 2.48. The van der Waals surface area contributed by atoms with Gasteiger partial charge in [0.2, 0.25) is 11.8 Å². The molecule has 0 aliphatic carbocycles. The number of hydrogen-bond acceptors (Lipinski definition) is 6. The predicted octanol–water partition coefficient (Wildman–Crippen LogP) is -1.64. The van der Waals surface area contributed by atoms with Crippen LogP contribution in [0, 0.1) is 0 Å². The van der Waals surface area contributed by atoms with E-state index in [9.17, 15) is 19.2 Å². The first-order chi connectivity index (χ1) is 10.5. The van der Waals surface area contributed by atoms with Crippen LogP contribution in [0.1, 0.15) is 6.42 Å². The van der Waals surface area contributed by atoms with Gasteiger partial charge in [0, 0.05) is 19.6 Å². The predicted molar refractivity (Wildman–Crippen MR) is 76.7 cm³/mol. The molecule has 0 aromatic rings. The zero-order valence-corrected chi connectivity index (χ0v) is 12.4. The summed E-state index contributed by atoms with van der Waals surface area (Å²) in [4.78, 5) is 47.9. The Morgan fingerprint density at radius 1 is 1.50 bits per heavy atom. The largest absolute Gasteiger partial charge is 0.469 e. The van der Waals surface area contributed by atoms with Crippen LogP contribution >= 0.6 is 0 Å². The van der Waals surface area contributed by atoms with E-state index in [1.807, 2.05) is 0 Å². The second-order valence-electron chi connectivity index (χ2n) is 4.60. The van der Waals surface area contributed by atoms with Crippen molar-refractivity contribution in [2.24, 2.45) is 0 Å². The molecule has 1 heterocycles. The first-order valence-corrected chi connectivity index (χ1v) is 6.75. The molecule has 9 heteroatoms. The molecule has 1 atom stereocenters. The Labute approximate surface area is 128 Å². The molecule has 0 saturated carbocycles. The van der Waals surface area contributed by atoms with Gasteiger partial charge in [-0.3, -0.25) is 24.6 Å². The Balaban J connectivity index is 2.57. The first-order valence-electron chi connectivity index (χ1n) is 6.75. The molecule has 1 saturated heterocycles. The topological polar surface area (TPSA) is 117 Å². The van der Waals surface area contributed by atoms with Crippen molar-refractivity contribution in [1.29, 1.82) is 0 Å². The number of nitrogens with one attached hydrogen (secondary N) is 3. The van der Waals surface area contributed by atoms with Gasteiger partial charge in [-0.15, -0.1) is 6.58 Å². The summed E-state index contributed by atoms with van der Waals surface area (Å²) in [6, 6.07) is -1.43. The number of amides is 4. The minimum absolute atomic E-state index is 0.154. The van der Waals surface area contributed by atoms with E-state index in [4.69, 9.17) is 0 Å². The maximum Gasteiger partial charge on any atom is 0.321 e. The SMILES string of the molecule is C=CCNC(=O)NC(=O)CN1CCNC(=O)C1CC(=O)OC. The average molecular weight is 312 g/mol. The lowest BCUT2D eigenvalue weighted by Gasteiger charge is -2.33. The van der Waals surface area contributed by atoms with Crippen LogP contribution in [0.15, 0.2) is 12.7 Å². The molecule has 0 bridgehead atoms. The van der Waals surface area contributed by atoms with Gasteiger partial charge in [-0.05, 0) is 0 Å². The Morgan fingerprint density at radius 2 is 2.23 bits per heavy atom. The Bertz CT molecular complexity index is 465. The van der Waals surface area contributed by atoms with E-state index >= 15 is 0 Å². The monoisotopic (exact) mass is 312 g/mol. The summed E-state index contributed by atoms with van der Waals surface area (Å²) < 4.78 is 4.54. The molecular weight excluding hydrogens is 292 g/mol. The summed E-state index contributed by atoms with van der Waals surface area (Å²) in [7, 11) is 1.23. The smallest absolute Gasteiger partial charge is 0.321 e. The van der Waals surface area contributed by atoms with Gasteiger partial charge in [0.05, 0.1) is 20.1 Å². The quantitative estimate of drug-likeness (QED) is 0.400. The lowest BCUT2D eigenvalue weighted by molar-refractivity contribution is -0.146. The van der Waals surface area contributed by atoms with Gasteiger partial charge in [0.25, 0.3) is 0 Å². The maximum absolute atomic E-state index is 11.8. The number of nitrogens with zero attached hydrogens (tertiary/aromatic N) is 1. The summed E-state index contributed by atoms with van der Waals surface area (Å²) in [5.41, 5.74) is 0. The highest BCUT2D eigenvalue weighted by atomic mass is 16.5. The lowest BCUT2D eigenvalue weighted by atomic mass is 10.1. The second kappa shape index (κ2) is 8.78. The van der Waals surface area contributed by atoms with Crippen molar-refractivity contribution < 1.29 is 23.9 Å². The number of imide groups is 1. The van der Waals surface area contributed by atoms with E-state index in [2.05, 4.69) is 27.3 Å². The van der Waals surface area contributed by atoms with Crippen LogP contribution in [0.25, 0.3) is 0 Å². The highest BCUT2D eigenvalue weighted by molar-refractivity contribution is 5.96. The van der Waals surface area contributed by atoms with Crippen LogP contribution in [-0.4, -0.2) is 68.0 Å². The van der Waals surface area contributed by atoms with Crippen LogP contribution in [0.3, 0.4) is 0 Å². The molecule has 1 rings (SSSR count). The van der Waals surface area contributed by atoms with Crippen LogP contribution in [-0.2, 0) is 19.1 Å². The van der Waals surface area contributed by atoms with Crippen molar-refractivity contribution in [2.75, 3.05) is 33.3 Å². The lowest BCUT2D eigenvalue weighted by Crippen LogP contribution is -2.58. The third-order valence-corrected chi connectivity index (χ3v) is 3.04. The van der Waals surface area contributed by atoms with E-state index < -0.39 is 23.9 Å². The maximum atomic E-state index is 11.8. The minimum Gasteiger partial charge on any atom is -0.469 e. The zero-order chi connectivity index (χ0) is 16.5. The van der Waals surface area contributed by atoms with E-state index in [-0.39, 0.29) is 25.4 Å². The summed E-state index contributed by atoms with van der Waals surface area (Å²) in [6.07, 6.45) is 1.32. The van der Waals surface area contributed by atoms with E-state index in [0.29, 0.717) is 13.1 Å². The third-order valence-electron chi connectivity index (χ3n) is 3.04. The van der Waals surface area contributed by atoms with Gasteiger partial charge in [0.15, 0.2) is 0 Å². The molecule has 1 fully saturated rings. The third kappa shape index (κ3) is 5.52. The molecule has 4 amide bonds. The minimum atomic E-state index is -0.789. The molecule has 1 unspecified atom stereocenters. The standard InChI is InChI=1S/C13H20N4O5/c1-3-4-15-13(21)16-10(18)8-17-6-5-14-12(20)9(17)7-11(19)22-2/h3,9H,1,4-8H2,2H3,(H,14,20)(H2,15,16,18,21). The van der Waals surface area contributed by atoms with Gasteiger partial charge in [-0.2, -0.15) is 0 Å². The van der Waals surface area contributed by atoms with Gasteiger partial charge in [-0.1, -0.05) is 6.08 Å². The summed E-state index contributed by atoms with van der Waals surface area (Å²) in [5, 5.41) is 7.16. The number of piperazine rings is 1. The number of methoxy groups -OCH3 is 1. The Kier molecular flexibility index (Phi) is 7.03. The summed E-state index contributed by atoms with van der Waals surface area (Å²) in [5.74, 6) is -1.46. The van der Waals surface area contributed by atoms with Crippen molar-refractivity contribution in [3.63, 3.8) is 0 Å². The highest BCUT2D eigenvalue weighted by Crippen LogP contribution is 2.09. The number of urea groups is 1. The summed E-state index contributed by atoms with van der Waals surface area (Å²) >= 11 is 0. The Morgan fingerprint density at radius 3 is 2.86 bits per heavy atom. The van der Waals surface area contributed by atoms with Crippen LogP contribution in [0.4, 0.5) is 4.79 Å². The molecule has 22 heavy (non-hydrogen) atoms. The van der Waals surface area contributed by atoms with Crippen molar-refractivity contribution >= 4 is 23.8 Å². The van der Waals surface area contributed by atoms with Crippen molar-refractivity contribution in [3.8, 4) is 0 Å². The van der Waals surface area contributed by atoms with Crippen molar-refractivity contribution in [1.82, 2.24) is 20.9 Å². The molecule has 0 spiro atoms. The van der Waals surface area contributed by atoms with Gasteiger partial charge < -0.3 is 15.4 Å². The first kappa shape index (κ1) is 17.6. The summed E-state index contributed by atoms with van der Waals surface area (Å²) in [6.45, 7) is 4.26. The number of carbonyl (C=O) groups is 4. The molecule has 122 valence electrons. The molecule has 1 aliphatic heterocycles. The Hall–Kier alpha value is -2.42. The normalized spacial score (nSPS) is 18.0. The van der Waals surface area contributed by atoms with Crippen LogP contribution in [0.5, 0.6) is 0 Å². The van der Waals surface area contributed by atoms with Crippen molar-refractivity contribution in [3.05, 3.63) is 12.7 Å². The fourth-order valence-corrected chi connectivity index (χ4v) is 1.97. The zero-order valence-electron chi connectivity index (χ0n) is 12.4. The van der Waals surface area contributed by atoms with Gasteiger partial charge in [0.1, 0.15) is 6.04 Å². The number of hydrogen-bond donors (Lipinski definition) is 3. The second-order valence-corrected chi connectivity index (χ2v) is 4.60. The van der Waals surface area contributed by atoms with Crippen LogP contribution in [0.2, 0.25) is 0 Å². The molecular formula is C13H20N4O5. The molecule has 3 N–H and O–H groups in total. The van der Waals surface area contributed by atoms with E-state index in [0.717, 1.165) is 0 Å². The molecule has 9 nitrogen and oxygen atoms in total. The molecule has 0 aromatic heterocycles. The highest BCUT2D eigenvalue weighted by Gasteiger charge is 2.33. The number of rotatable bonds is 6. The van der Waals surface area contributed by atoms with Gasteiger partial charge in [-0.25, -0.2) is 4.79 Å². The van der Waals surface area contributed by atoms with E-state index in [1.165, 1.54) is 18.1 Å². The van der Waals surface area contributed by atoms with E-state index in [1.54, 1.807) is 0 Å². The fraction of sp³-hybridized carbons (Fsp3) is 0.538.